The minimum atomic E-state index is 0.0110. The maximum Gasteiger partial charge on any atom is 0.261 e. The fourth-order valence-electron chi connectivity index (χ4n) is 2.04. The minimum absolute atomic E-state index is 0.0110. The monoisotopic (exact) mass is 308 g/mol. The summed E-state index contributed by atoms with van der Waals surface area (Å²) in [7, 11) is 0. The normalized spacial score (nSPS) is 11.7. The molecule has 0 aromatic carbocycles. The lowest BCUT2D eigenvalue weighted by Gasteiger charge is -2.07. The molecule has 0 bridgehead atoms. The lowest BCUT2D eigenvalue weighted by molar-refractivity contribution is 0.0757. The van der Waals surface area contributed by atoms with E-state index in [0.29, 0.717) is 19.2 Å². The third kappa shape index (κ3) is 4.32. The van der Waals surface area contributed by atoms with Crippen LogP contribution in [0.15, 0.2) is 18.5 Å². The first-order valence-corrected chi connectivity index (χ1v) is 8.30. The van der Waals surface area contributed by atoms with Gasteiger partial charge in [-0.3, -0.25) is 4.79 Å². The van der Waals surface area contributed by atoms with E-state index in [-0.39, 0.29) is 12.0 Å². The number of nitrogens with one attached hydrogen (secondary N) is 1. The van der Waals surface area contributed by atoms with Crippen molar-refractivity contribution in [3.05, 3.63) is 23.3 Å². The highest BCUT2D eigenvalue weighted by Gasteiger charge is 2.12. The highest BCUT2D eigenvalue weighted by Crippen LogP contribution is 2.27. The van der Waals surface area contributed by atoms with Gasteiger partial charge in [0.2, 0.25) is 0 Å². The molecule has 0 aliphatic rings. The van der Waals surface area contributed by atoms with Crippen LogP contribution in [-0.4, -0.2) is 29.7 Å². The van der Waals surface area contributed by atoms with Crippen molar-refractivity contribution in [2.24, 2.45) is 0 Å². The molecular weight excluding hydrogens is 284 g/mol. The van der Waals surface area contributed by atoms with Crippen LogP contribution in [0.25, 0.3) is 10.1 Å². The summed E-state index contributed by atoms with van der Waals surface area (Å²) in [4.78, 5) is 12.9. The lowest BCUT2D eigenvalue weighted by Crippen LogP contribution is -2.24. The summed E-state index contributed by atoms with van der Waals surface area (Å²) >= 11 is 1.55. The Hall–Kier alpha value is -1.33. The molecule has 116 valence electrons. The first kappa shape index (κ1) is 16.0. The number of fused-ring (bicyclic) bond motifs is 1. The predicted molar refractivity (Wildman–Crippen MR) is 88.2 cm³/mol. The smallest absolute Gasteiger partial charge is 0.261 e. The van der Waals surface area contributed by atoms with E-state index in [2.05, 4.69) is 36.1 Å². The molecule has 1 N–H and O–H groups in total. The van der Waals surface area contributed by atoms with E-state index in [1.54, 1.807) is 11.3 Å². The van der Waals surface area contributed by atoms with Crippen LogP contribution in [0, 0.1) is 0 Å². The van der Waals surface area contributed by atoms with E-state index in [1.165, 1.54) is 0 Å². The van der Waals surface area contributed by atoms with Gasteiger partial charge in [-0.25, -0.2) is 0 Å². The number of carbonyl (C=O) groups is 1. The molecule has 0 aliphatic heterocycles. The molecule has 2 rings (SSSR count). The summed E-state index contributed by atoms with van der Waals surface area (Å²) in [5.74, 6) is 0.0110. The molecule has 4 nitrogen and oxygen atoms in total. The molecule has 0 unspecified atom stereocenters. The third-order valence-corrected chi connectivity index (χ3v) is 4.31. The zero-order valence-corrected chi connectivity index (χ0v) is 14.0. The van der Waals surface area contributed by atoms with Crippen LogP contribution >= 0.6 is 11.3 Å². The predicted octanol–water partition coefficient (Wildman–Crippen LogP) is 3.83. The Bertz CT molecular complexity index is 567. The number of nitrogens with zero attached hydrogens (tertiary/aromatic N) is 1. The van der Waals surface area contributed by atoms with Gasteiger partial charge in [-0.1, -0.05) is 0 Å². The first-order valence-electron chi connectivity index (χ1n) is 7.48. The molecule has 2 aromatic rings. The van der Waals surface area contributed by atoms with Crippen LogP contribution in [0.4, 0.5) is 0 Å². The van der Waals surface area contributed by atoms with Gasteiger partial charge in [0, 0.05) is 37.0 Å². The number of rotatable bonds is 7. The van der Waals surface area contributed by atoms with Crippen molar-refractivity contribution in [1.82, 2.24) is 9.88 Å². The molecule has 2 aromatic heterocycles. The number of amides is 1. The molecule has 21 heavy (non-hydrogen) atoms. The van der Waals surface area contributed by atoms with Gasteiger partial charge in [0.1, 0.15) is 0 Å². The average molecular weight is 308 g/mol. The Kier molecular flexibility index (Phi) is 5.42. The van der Waals surface area contributed by atoms with Crippen LogP contribution in [0.2, 0.25) is 0 Å². The third-order valence-electron chi connectivity index (χ3n) is 3.22. The number of aromatic nitrogens is 1. The standard InChI is InChI=1S/C16H24N2O2S/c1-11(2)18-9-13-8-14(21-15(13)10-18)16(19)17-6-5-7-20-12(3)4/h8-12H,5-7H2,1-4H3,(H,17,19). The van der Waals surface area contributed by atoms with Crippen LogP contribution in [0.3, 0.4) is 0 Å². The SMILES string of the molecule is CC(C)OCCCNC(=O)c1cc2cn(C(C)C)cc2s1. The molecule has 0 saturated heterocycles. The van der Waals surface area contributed by atoms with Gasteiger partial charge in [0.15, 0.2) is 0 Å². The number of hydrogen-bond acceptors (Lipinski definition) is 3. The van der Waals surface area contributed by atoms with Gasteiger partial charge in [-0.05, 0) is 40.2 Å². The van der Waals surface area contributed by atoms with Gasteiger partial charge in [-0.15, -0.1) is 11.3 Å². The summed E-state index contributed by atoms with van der Waals surface area (Å²) in [5, 5.41) is 4.09. The van der Waals surface area contributed by atoms with Gasteiger partial charge in [0.05, 0.1) is 15.7 Å². The highest BCUT2D eigenvalue weighted by molar-refractivity contribution is 7.20. The Morgan fingerprint density at radius 2 is 2.10 bits per heavy atom. The van der Waals surface area contributed by atoms with Crippen molar-refractivity contribution in [1.29, 1.82) is 0 Å². The Morgan fingerprint density at radius 1 is 1.33 bits per heavy atom. The summed E-state index contributed by atoms with van der Waals surface area (Å²) in [6.45, 7) is 9.66. The molecule has 0 radical (unpaired) electrons. The van der Waals surface area contributed by atoms with Crippen molar-refractivity contribution in [3.63, 3.8) is 0 Å². The van der Waals surface area contributed by atoms with E-state index in [0.717, 1.165) is 21.4 Å². The molecule has 0 saturated carbocycles. The Labute approximate surface area is 130 Å². The summed E-state index contributed by atoms with van der Waals surface area (Å²) in [6.07, 6.45) is 5.30. The lowest BCUT2D eigenvalue weighted by atomic mass is 10.3. The molecule has 5 heteroatoms. The Morgan fingerprint density at radius 3 is 2.71 bits per heavy atom. The summed E-state index contributed by atoms with van der Waals surface area (Å²) < 4.78 is 8.79. The van der Waals surface area contributed by atoms with Crippen LogP contribution in [-0.2, 0) is 4.74 Å². The van der Waals surface area contributed by atoms with Crippen molar-refractivity contribution >= 4 is 27.3 Å². The largest absolute Gasteiger partial charge is 0.379 e. The van der Waals surface area contributed by atoms with Gasteiger partial charge in [0.25, 0.3) is 5.91 Å². The molecule has 2 heterocycles. The fraction of sp³-hybridized carbons (Fsp3) is 0.562. The molecular formula is C16H24N2O2S. The van der Waals surface area contributed by atoms with Crippen molar-refractivity contribution in [3.8, 4) is 0 Å². The zero-order valence-electron chi connectivity index (χ0n) is 13.2. The second kappa shape index (κ2) is 7.09. The zero-order chi connectivity index (χ0) is 15.4. The van der Waals surface area contributed by atoms with Crippen molar-refractivity contribution < 1.29 is 9.53 Å². The molecule has 1 amide bonds. The van der Waals surface area contributed by atoms with Crippen molar-refractivity contribution in [2.45, 2.75) is 46.3 Å². The molecule has 0 spiro atoms. The van der Waals surface area contributed by atoms with E-state index >= 15 is 0 Å². The first-order chi connectivity index (χ1) is 9.97. The van der Waals surface area contributed by atoms with E-state index in [4.69, 9.17) is 4.74 Å². The summed E-state index contributed by atoms with van der Waals surface area (Å²) in [5.41, 5.74) is 0. The van der Waals surface area contributed by atoms with Gasteiger partial charge < -0.3 is 14.6 Å². The van der Waals surface area contributed by atoms with E-state index in [9.17, 15) is 4.79 Å². The molecule has 0 fully saturated rings. The second-order valence-electron chi connectivity index (χ2n) is 5.76. The topological polar surface area (TPSA) is 43.3 Å². The molecule has 0 atom stereocenters. The highest BCUT2D eigenvalue weighted by atomic mass is 32.1. The quantitative estimate of drug-likeness (QED) is 0.790. The Balaban J connectivity index is 1.86. The maximum atomic E-state index is 12.1. The fourth-order valence-corrected chi connectivity index (χ4v) is 3.04. The van der Waals surface area contributed by atoms with Crippen molar-refractivity contribution in [2.75, 3.05) is 13.2 Å². The number of ether oxygens (including phenoxy) is 1. The second-order valence-corrected chi connectivity index (χ2v) is 6.84. The number of carbonyl (C=O) groups excluding carboxylic acids is 1. The average Bonchev–Trinajstić information content (AvgIpc) is 2.95. The van der Waals surface area contributed by atoms with Crippen LogP contribution in [0.5, 0.6) is 0 Å². The molecule has 0 aliphatic carbocycles. The van der Waals surface area contributed by atoms with Gasteiger partial charge >= 0.3 is 0 Å². The van der Waals surface area contributed by atoms with Crippen LogP contribution < -0.4 is 5.32 Å². The summed E-state index contributed by atoms with van der Waals surface area (Å²) in [6, 6.07) is 2.42. The van der Waals surface area contributed by atoms with E-state index < -0.39 is 0 Å². The van der Waals surface area contributed by atoms with E-state index in [1.807, 2.05) is 19.9 Å². The minimum Gasteiger partial charge on any atom is -0.379 e. The van der Waals surface area contributed by atoms with Gasteiger partial charge in [-0.2, -0.15) is 0 Å². The maximum absolute atomic E-state index is 12.1. The number of thiophene rings is 1. The van der Waals surface area contributed by atoms with Crippen LogP contribution in [0.1, 0.15) is 49.8 Å². The number of hydrogen-bond donors (Lipinski definition) is 1.